The first kappa shape index (κ1) is 23.8. The lowest BCUT2D eigenvalue weighted by molar-refractivity contribution is -0.143. The molecule has 3 heterocycles. The highest BCUT2D eigenvalue weighted by atomic mass is 16.5. The lowest BCUT2D eigenvalue weighted by Gasteiger charge is -2.34. The van der Waals surface area contributed by atoms with Crippen molar-refractivity contribution in [3.63, 3.8) is 0 Å². The van der Waals surface area contributed by atoms with Crippen molar-refractivity contribution in [2.24, 2.45) is 0 Å². The Kier molecular flexibility index (Phi) is 5.92. The summed E-state index contributed by atoms with van der Waals surface area (Å²) in [7, 11) is 1.55. The summed E-state index contributed by atoms with van der Waals surface area (Å²) in [5, 5.41) is 11.6. The number of benzene rings is 2. The number of rotatable bonds is 7. The maximum Gasteiger partial charge on any atom is 0.296 e. The molecule has 2 aromatic carbocycles. The van der Waals surface area contributed by atoms with E-state index in [0.717, 1.165) is 5.56 Å². The van der Waals surface area contributed by atoms with Crippen molar-refractivity contribution in [1.29, 1.82) is 0 Å². The molecule has 8 nitrogen and oxygen atoms in total. The van der Waals surface area contributed by atoms with Gasteiger partial charge in [0.2, 0.25) is 0 Å². The van der Waals surface area contributed by atoms with Gasteiger partial charge in [0, 0.05) is 44.4 Å². The van der Waals surface area contributed by atoms with Gasteiger partial charge in [-0.2, -0.15) is 0 Å². The van der Waals surface area contributed by atoms with Crippen LogP contribution in [0.25, 0.3) is 5.76 Å². The summed E-state index contributed by atoms with van der Waals surface area (Å²) in [5.74, 6) is -1.85. The highest BCUT2D eigenvalue weighted by molar-refractivity contribution is 6.50. The standard InChI is InChI=1S/C28H28N2O6/c1-4-12-29-21-9-6-5-8-20(21)28(27(29)34)23(25(32)26(33)30(28)13-7-14-35-3)24(31)18-10-11-22-19(16-18)15-17(2)36-22/h4-6,8-11,16-17,31H,1,7,12-15H2,2-3H3. The number of ketones is 1. The highest BCUT2D eigenvalue weighted by Crippen LogP contribution is 2.53. The first-order valence-electron chi connectivity index (χ1n) is 12.0. The van der Waals surface area contributed by atoms with Gasteiger partial charge in [0.15, 0.2) is 5.54 Å². The summed E-state index contributed by atoms with van der Waals surface area (Å²) >= 11 is 0. The van der Waals surface area contributed by atoms with E-state index in [1.165, 1.54) is 9.80 Å². The van der Waals surface area contributed by atoms with Crippen molar-refractivity contribution in [2.45, 2.75) is 31.4 Å². The van der Waals surface area contributed by atoms with E-state index in [9.17, 15) is 19.5 Å². The lowest BCUT2D eigenvalue weighted by atomic mass is 9.81. The predicted octanol–water partition coefficient (Wildman–Crippen LogP) is 3.16. The van der Waals surface area contributed by atoms with Crippen LogP contribution in [0, 0.1) is 0 Å². The van der Waals surface area contributed by atoms with Crippen molar-refractivity contribution in [3.05, 3.63) is 77.4 Å². The Labute approximate surface area is 209 Å². The first-order chi connectivity index (χ1) is 17.4. The third-order valence-corrected chi connectivity index (χ3v) is 7.02. The molecule has 36 heavy (non-hydrogen) atoms. The topological polar surface area (TPSA) is 96.4 Å². The Morgan fingerprint density at radius 2 is 2.03 bits per heavy atom. The summed E-state index contributed by atoms with van der Waals surface area (Å²) in [4.78, 5) is 44.0. The predicted molar refractivity (Wildman–Crippen MR) is 134 cm³/mol. The molecule has 0 aromatic heterocycles. The maximum atomic E-state index is 14.2. The molecule has 2 atom stereocenters. The van der Waals surface area contributed by atoms with Gasteiger partial charge in [-0.3, -0.25) is 14.4 Å². The van der Waals surface area contributed by atoms with Crippen molar-refractivity contribution >= 4 is 29.0 Å². The van der Waals surface area contributed by atoms with E-state index in [4.69, 9.17) is 9.47 Å². The Balaban J connectivity index is 1.76. The summed E-state index contributed by atoms with van der Waals surface area (Å²) in [6.45, 7) is 6.35. The number of hydrogen-bond acceptors (Lipinski definition) is 6. The van der Waals surface area contributed by atoms with Crippen LogP contribution in [0.4, 0.5) is 5.69 Å². The van der Waals surface area contributed by atoms with Crippen LogP contribution in [0.1, 0.15) is 30.0 Å². The molecule has 0 bridgehead atoms. The fourth-order valence-corrected chi connectivity index (χ4v) is 5.56. The molecule has 0 radical (unpaired) electrons. The van der Waals surface area contributed by atoms with Gasteiger partial charge in [-0.15, -0.1) is 6.58 Å². The summed E-state index contributed by atoms with van der Waals surface area (Å²) in [6, 6.07) is 12.2. The quantitative estimate of drug-likeness (QED) is 0.212. The van der Waals surface area contributed by atoms with Crippen molar-refractivity contribution < 1.29 is 29.0 Å². The van der Waals surface area contributed by atoms with E-state index >= 15 is 0 Å². The Bertz CT molecular complexity index is 1310. The van der Waals surface area contributed by atoms with Crippen LogP contribution < -0.4 is 9.64 Å². The van der Waals surface area contributed by atoms with E-state index in [1.807, 2.05) is 6.92 Å². The summed E-state index contributed by atoms with van der Waals surface area (Å²) in [5.41, 5.74) is 0.292. The van der Waals surface area contributed by atoms with Crippen LogP contribution in [0.15, 0.2) is 60.7 Å². The van der Waals surface area contributed by atoms with Crippen LogP contribution >= 0.6 is 0 Å². The minimum absolute atomic E-state index is 0.00176. The first-order valence-corrected chi connectivity index (χ1v) is 12.0. The molecule has 2 aromatic rings. The number of para-hydroxylation sites is 1. The highest BCUT2D eigenvalue weighted by Gasteiger charge is 2.66. The molecule has 5 rings (SSSR count). The summed E-state index contributed by atoms with van der Waals surface area (Å²) in [6.07, 6.45) is 2.66. The zero-order valence-electron chi connectivity index (χ0n) is 20.3. The van der Waals surface area contributed by atoms with E-state index < -0.39 is 23.1 Å². The Morgan fingerprint density at radius 3 is 2.78 bits per heavy atom. The van der Waals surface area contributed by atoms with Crippen LogP contribution in [0.5, 0.6) is 5.75 Å². The van der Waals surface area contributed by atoms with Crippen LogP contribution in [-0.2, 0) is 31.1 Å². The van der Waals surface area contributed by atoms with E-state index in [0.29, 0.717) is 42.0 Å². The number of likely N-dealkylation sites (tertiary alicyclic amines) is 1. The van der Waals surface area contributed by atoms with Gasteiger partial charge in [-0.25, -0.2) is 0 Å². The number of Topliss-reactive ketones (excluding diaryl/α,β-unsaturated/α-hetero) is 1. The number of aliphatic hydroxyl groups is 1. The molecule has 0 saturated carbocycles. The smallest absolute Gasteiger partial charge is 0.296 e. The molecule has 2 amide bonds. The number of aliphatic hydroxyl groups excluding tert-OH is 1. The minimum atomic E-state index is -1.78. The molecule has 1 saturated heterocycles. The average molecular weight is 489 g/mol. The second kappa shape index (κ2) is 8.95. The second-order valence-corrected chi connectivity index (χ2v) is 9.24. The normalized spacial score (nSPS) is 23.8. The molecule has 8 heteroatoms. The number of fused-ring (bicyclic) bond motifs is 3. The lowest BCUT2D eigenvalue weighted by Crippen LogP contribution is -2.52. The molecule has 0 aliphatic carbocycles. The number of carbonyl (C=O) groups excluding carboxylic acids is 3. The fourth-order valence-electron chi connectivity index (χ4n) is 5.56. The number of nitrogens with zero attached hydrogens (tertiary/aromatic N) is 2. The molecule has 1 spiro atoms. The average Bonchev–Trinajstić information content (AvgIpc) is 3.44. The van der Waals surface area contributed by atoms with Crippen molar-refractivity contribution in [2.75, 3.05) is 31.7 Å². The number of anilines is 1. The second-order valence-electron chi connectivity index (χ2n) is 9.24. The molecule has 1 fully saturated rings. The molecular formula is C28H28N2O6. The molecular weight excluding hydrogens is 460 g/mol. The van der Waals surface area contributed by atoms with Crippen molar-refractivity contribution in [3.8, 4) is 5.75 Å². The van der Waals surface area contributed by atoms with Crippen LogP contribution in [0.3, 0.4) is 0 Å². The van der Waals surface area contributed by atoms with E-state index in [2.05, 4.69) is 6.58 Å². The van der Waals surface area contributed by atoms with Gasteiger partial charge < -0.3 is 24.4 Å². The van der Waals surface area contributed by atoms with E-state index in [-0.39, 0.29) is 30.5 Å². The Morgan fingerprint density at radius 1 is 1.25 bits per heavy atom. The number of amides is 2. The van der Waals surface area contributed by atoms with Gasteiger partial charge in [0.05, 0.1) is 11.3 Å². The molecule has 3 aliphatic rings. The van der Waals surface area contributed by atoms with Crippen LogP contribution in [-0.4, -0.2) is 60.5 Å². The van der Waals surface area contributed by atoms with Gasteiger partial charge in [0.1, 0.15) is 17.6 Å². The number of hydrogen-bond donors (Lipinski definition) is 1. The van der Waals surface area contributed by atoms with Crippen LogP contribution in [0.2, 0.25) is 0 Å². The zero-order chi connectivity index (χ0) is 25.6. The zero-order valence-corrected chi connectivity index (χ0v) is 20.3. The number of methoxy groups -OCH3 is 1. The molecule has 1 N–H and O–H groups in total. The number of ether oxygens (including phenoxy) is 2. The molecule has 3 aliphatic heterocycles. The van der Waals surface area contributed by atoms with Gasteiger partial charge >= 0.3 is 0 Å². The van der Waals surface area contributed by atoms with E-state index in [1.54, 1.807) is 55.7 Å². The minimum Gasteiger partial charge on any atom is -0.507 e. The van der Waals surface area contributed by atoms with Crippen molar-refractivity contribution in [1.82, 2.24) is 4.90 Å². The third-order valence-electron chi connectivity index (χ3n) is 7.02. The Hall–Kier alpha value is -3.91. The number of carbonyl (C=O) groups is 3. The van der Waals surface area contributed by atoms with Gasteiger partial charge in [-0.1, -0.05) is 24.3 Å². The maximum absolute atomic E-state index is 14.2. The summed E-state index contributed by atoms with van der Waals surface area (Å²) < 4.78 is 10.9. The molecule has 2 unspecified atom stereocenters. The largest absolute Gasteiger partial charge is 0.507 e. The molecule has 186 valence electrons. The monoisotopic (exact) mass is 488 g/mol. The van der Waals surface area contributed by atoms with Gasteiger partial charge in [0.25, 0.3) is 17.6 Å². The SMILES string of the molecule is C=CCN1C(=O)C2(C(=C(O)c3ccc4c(c3)CC(C)O4)C(=O)C(=O)N2CCCOC)c2ccccc21. The fraction of sp³-hybridized carbons (Fsp3) is 0.321. The third kappa shape index (κ3) is 3.28. The van der Waals surface area contributed by atoms with Gasteiger partial charge in [-0.05, 0) is 43.2 Å².